The predicted octanol–water partition coefficient (Wildman–Crippen LogP) is 5.04. The Kier molecular flexibility index (Phi) is 3.22. The average Bonchev–Trinajstić information content (AvgIpc) is 2.70. The Bertz CT molecular complexity index is 883. The van der Waals surface area contributed by atoms with Gasteiger partial charge in [0.1, 0.15) is 11.3 Å². The molecular formula is C14H9BrF2N2S. The zero-order valence-corrected chi connectivity index (χ0v) is 12.8. The minimum atomic E-state index is -0.655. The number of H-pyrrole nitrogens is 1. The molecule has 1 aromatic heterocycles. The number of fused-ring (bicyclic) bond motifs is 1. The Morgan fingerprint density at radius 2 is 2.00 bits per heavy atom. The van der Waals surface area contributed by atoms with E-state index in [9.17, 15) is 8.78 Å². The molecule has 102 valence electrons. The van der Waals surface area contributed by atoms with Crippen molar-refractivity contribution < 1.29 is 8.78 Å². The van der Waals surface area contributed by atoms with Gasteiger partial charge in [0.05, 0.1) is 11.2 Å². The lowest BCUT2D eigenvalue weighted by molar-refractivity contribution is 0.590. The summed E-state index contributed by atoms with van der Waals surface area (Å²) in [5.74, 6) is -1.29. The van der Waals surface area contributed by atoms with E-state index >= 15 is 0 Å². The number of aromatic amines is 1. The molecule has 3 rings (SSSR count). The van der Waals surface area contributed by atoms with Gasteiger partial charge in [0.2, 0.25) is 0 Å². The van der Waals surface area contributed by atoms with Gasteiger partial charge in [0, 0.05) is 16.6 Å². The van der Waals surface area contributed by atoms with Gasteiger partial charge < -0.3 is 4.98 Å². The first-order chi connectivity index (χ1) is 9.49. The summed E-state index contributed by atoms with van der Waals surface area (Å²) >= 11 is 8.69. The van der Waals surface area contributed by atoms with Gasteiger partial charge in [-0.1, -0.05) is 22.0 Å². The maximum absolute atomic E-state index is 13.8. The molecule has 1 heterocycles. The van der Waals surface area contributed by atoms with E-state index in [1.165, 1.54) is 6.07 Å². The fourth-order valence-corrected chi connectivity index (χ4v) is 2.86. The van der Waals surface area contributed by atoms with E-state index in [4.69, 9.17) is 12.2 Å². The van der Waals surface area contributed by atoms with Gasteiger partial charge in [-0.05, 0) is 36.8 Å². The van der Waals surface area contributed by atoms with Crippen molar-refractivity contribution in [2.75, 3.05) is 0 Å². The van der Waals surface area contributed by atoms with E-state index in [0.717, 1.165) is 21.8 Å². The molecule has 0 aliphatic carbocycles. The van der Waals surface area contributed by atoms with Crippen LogP contribution in [0.25, 0.3) is 16.7 Å². The Labute approximate surface area is 127 Å². The normalized spacial score (nSPS) is 11.2. The molecule has 0 saturated heterocycles. The number of hydrogen-bond donors (Lipinski definition) is 1. The van der Waals surface area contributed by atoms with Crippen molar-refractivity contribution in [3.8, 4) is 5.69 Å². The van der Waals surface area contributed by atoms with Gasteiger partial charge in [-0.3, -0.25) is 4.57 Å². The van der Waals surface area contributed by atoms with E-state index in [2.05, 4.69) is 20.9 Å². The molecule has 0 saturated carbocycles. The number of benzene rings is 2. The monoisotopic (exact) mass is 354 g/mol. The van der Waals surface area contributed by atoms with Crippen molar-refractivity contribution in [2.45, 2.75) is 6.92 Å². The maximum atomic E-state index is 13.8. The zero-order chi connectivity index (χ0) is 14.4. The first kappa shape index (κ1) is 13.5. The SMILES string of the molecule is Cc1c(Br)cccc1-n1c(=S)[nH]c2c(F)cc(F)cc21. The van der Waals surface area contributed by atoms with Crippen molar-refractivity contribution in [1.82, 2.24) is 9.55 Å². The van der Waals surface area contributed by atoms with Gasteiger partial charge in [-0.15, -0.1) is 0 Å². The van der Waals surface area contributed by atoms with Crippen LogP contribution in [0.4, 0.5) is 8.78 Å². The van der Waals surface area contributed by atoms with E-state index in [1.54, 1.807) is 4.57 Å². The minimum Gasteiger partial charge on any atom is -0.328 e. The van der Waals surface area contributed by atoms with Gasteiger partial charge in [-0.25, -0.2) is 8.78 Å². The summed E-state index contributed by atoms with van der Waals surface area (Å²) in [5.41, 5.74) is 2.30. The van der Waals surface area contributed by atoms with E-state index in [1.807, 2.05) is 25.1 Å². The number of aromatic nitrogens is 2. The summed E-state index contributed by atoms with van der Waals surface area (Å²) in [7, 11) is 0. The second-order valence-corrected chi connectivity index (χ2v) is 5.67. The second-order valence-electron chi connectivity index (χ2n) is 4.43. The molecule has 2 nitrogen and oxygen atoms in total. The molecule has 0 aliphatic heterocycles. The molecule has 0 aliphatic rings. The molecule has 3 aromatic rings. The van der Waals surface area contributed by atoms with E-state index < -0.39 is 11.6 Å². The highest BCUT2D eigenvalue weighted by atomic mass is 79.9. The highest BCUT2D eigenvalue weighted by Crippen LogP contribution is 2.28. The molecule has 0 bridgehead atoms. The molecule has 0 atom stereocenters. The predicted molar refractivity (Wildman–Crippen MR) is 80.8 cm³/mol. The Balaban J connectivity index is 2.45. The fourth-order valence-electron chi connectivity index (χ4n) is 2.21. The molecule has 0 radical (unpaired) electrons. The van der Waals surface area contributed by atoms with Crippen molar-refractivity contribution in [1.29, 1.82) is 0 Å². The summed E-state index contributed by atoms with van der Waals surface area (Å²) in [4.78, 5) is 2.79. The maximum Gasteiger partial charge on any atom is 0.182 e. The summed E-state index contributed by atoms with van der Waals surface area (Å²) in [6.07, 6.45) is 0. The summed E-state index contributed by atoms with van der Waals surface area (Å²) < 4.78 is 30.1. The van der Waals surface area contributed by atoms with Crippen LogP contribution in [-0.4, -0.2) is 9.55 Å². The van der Waals surface area contributed by atoms with Gasteiger partial charge in [0.25, 0.3) is 0 Å². The molecule has 2 aromatic carbocycles. The highest BCUT2D eigenvalue weighted by Gasteiger charge is 2.14. The quantitative estimate of drug-likeness (QED) is 0.607. The number of halogens is 3. The van der Waals surface area contributed by atoms with Crippen LogP contribution in [0.15, 0.2) is 34.8 Å². The first-order valence-electron chi connectivity index (χ1n) is 5.84. The number of imidazole rings is 1. The van der Waals surface area contributed by atoms with E-state index in [0.29, 0.717) is 10.3 Å². The average molecular weight is 355 g/mol. The number of nitrogens with one attached hydrogen (secondary N) is 1. The number of nitrogens with zero attached hydrogens (tertiary/aromatic N) is 1. The standard InChI is InChI=1S/C14H9BrF2N2S/c1-7-9(15)3-2-4-11(7)19-12-6-8(16)5-10(17)13(12)18-14(19)20/h2-6H,1H3,(H,18,20). The minimum absolute atomic E-state index is 0.204. The van der Waals surface area contributed by atoms with Crippen LogP contribution in [0, 0.1) is 23.3 Å². The van der Waals surface area contributed by atoms with Crippen LogP contribution >= 0.6 is 28.1 Å². The van der Waals surface area contributed by atoms with Crippen LogP contribution in [0.3, 0.4) is 0 Å². The lowest BCUT2D eigenvalue weighted by atomic mass is 10.2. The lowest BCUT2D eigenvalue weighted by Crippen LogP contribution is -1.98. The van der Waals surface area contributed by atoms with E-state index in [-0.39, 0.29) is 5.52 Å². The Morgan fingerprint density at radius 3 is 2.75 bits per heavy atom. The molecule has 0 fully saturated rings. The fraction of sp³-hybridized carbons (Fsp3) is 0.0714. The molecule has 0 spiro atoms. The van der Waals surface area contributed by atoms with Crippen LogP contribution < -0.4 is 0 Å². The lowest BCUT2D eigenvalue weighted by Gasteiger charge is -2.10. The molecular weight excluding hydrogens is 346 g/mol. The largest absolute Gasteiger partial charge is 0.328 e. The van der Waals surface area contributed by atoms with Gasteiger partial charge in [0.15, 0.2) is 10.6 Å². The third-order valence-corrected chi connectivity index (χ3v) is 4.33. The summed E-state index contributed by atoms with van der Waals surface area (Å²) in [5, 5.41) is 0. The first-order valence-corrected chi connectivity index (χ1v) is 7.04. The topological polar surface area (TPSA) is 20.7 Å². The highest BCUT2D eigenvalue weighted by molar-refractivity contribution is 9.10. The molecule has 20 heavy (non-hydrogen) atoms. The molecule has 1 N–H and O–H groups in total. The van der Waals surface area contributed by atoms with Crippen molar-refractivity contribution in [3.05, 3.63) is 56.8 Å². The smallest absolute Gasteiger partial charge is 0.182 e. The van der Waals surface area contributed by atoms with Crippen LogP contribution in [-0.2, 0) is 0 Å². The Hall–Kier alpha value is -1.53. The number of rotatable bonds is 1. The van der Waals surface area contributed by atoms with Crippen molar-refractivity contribution in [2.24, 2.45) is 0 Å². The zero-order valence-electron chi connectivity index (χ0n) is 10.4. The van der Waals surface area contributed by atoms with Crippen molar-refractivity contribution in [3.63, 3.8) is 0 Å². The summed E-state index contributed by atoms with van der Waals surface area (Å²) in [6, 6.07) is 7.71. The molecule has 6 heteroatoms. The van der Waals surface area contributed by atoms with Crippen LogP contribution in [0.2, 0.25) is 0 Å². The second kappa shape index (κ2) is 4.79. The molecule has 0 unspecified atom stereocenters. The molecule has 0 amide bonds. The third-order valence-electron chi connectivity index (χ3n) is 3.19. The number of hydrogen-bond acceptors (Lipinski definition) is 1. The van der Waals surface area contributed by atoms with Gasteiger partial charge in [-0.2, -0.15) is 0 Å². The van der Waals surface area contributed by atoms with Gasteiger partial charge >= 0.3 is 0 Å². The van der Waals surface area contributed by atoms with Crippen LogP contribution in [0.1, 0.15) is 5.56 Å². The van der Waals surface area contributed by atoms with Crippen LogP contribution in [0.5, 0.6) is 0 Å². The summed E-state index contributed by atoms with van der Waals surface area (Å²) in [6.45, 7) is 1.91. The van der Waals surface area contributed by atoms with Crippen molar-refractivity contribution >= 4 is 39.2 Å². The Morgan fingerprint density at radius 1 is 1.25 bits per heavy atom. The third kappa shape index (κ3) is 1.99.